The predicted octanol–water partition coefficient (Wildman–Crippen LogP) is 3.81. The Morgan fingerprint density at radius 1 is 0.917 bits per heavy atom. The Kier molecular flexibility index (Phi) is 4.47. The molecule has 1 rings (SSSR count). The van der Waals surface area contributed by atoms with Gasteiger partial charge in [0.25, 0.3) is 0 Å². The van der Waals surface area contributed by atoms with Crippen LogP contribution in [0.5, 0.6) is 0 Å². The van der Waals surface area contributed by atoms with Crippen molar-refractivity contribution < 1.29 is 32.7 Å². The first-order valence-corrected chi connectivity index (χ1v) is 4.71. The Bertz CT molecular complexity index is 131. The largest absolute Gasteiger partial charge is 0.306 e. The standard InChI is InChI=1S/C11H21.Y/c1-9-10(2,3)7-6-8-11(9,4)5;/h6-8H2,1-5H3;/q-1;. The van der Waals surface area contributed by atoms with Crippen molar-refractivity contribution in [1.82, 2.24) is 0 Å². The monoisotopic (exact) mass is 242 g/mol. The van der Waals surface area contributed by atoms with Crippen molar-refractivity contribution in [1.29, 1.82) is 0 Å². The summed E-state index contributed by atoms with van der Waals surface area (Å²) in [6.07, 6.45) is 4.15. The molecule has 1 fully saturated rings. The van der Waals surface area contributed by atoms with Crippen molar-refractivity contribution in [3.05, 3.63) is 5.92 Å². The van der Waals surface area contributed by atoms with E-state index in [1.807, 2.05) is 0 Å². The third kappa shape index (κ3) is 2.55. The topological polar surface area (TPSA) is 0 Å². The molecule has 0 spiro atoms. The molecule has 0 aromatic heterocycles. The van der Waals surface area contributed by atoms with Crippen LogP contribution in [0.1, 0.15) is 53.9 Å². The molecule has 12 heavy (non-hydrogen) atoms. The average molecular weight is 242 g/mol. The van der Waals surface area contributed by atoms with Gasteiger partial charge in [0, 0.05) is 32.7 Å². The molecule has 0 aliphatic heterocycles. The number of rotatable bonds is 0. The molecule has 69 valence electrons. The maximum atomic E-state index is 2.38. The molecule has 1 heteroatoms. The van der Waals surface area contributed by atoms with E-state index in [9.17, 15) is 0 Å². The van der Waals surface area contributed by atoms with E-state index < -0.39 is 0 Å². The fourth-order valence-electron chi connectivity index (χ4n) is 2.26. The molecule has 1 aliphatic rings. The van der Waals surface area contributed by atoms with Gasteiger partial charge >= 0.3 is 0 Å². The van der Waals surface area contributed by atoms with Gasteiger partial charge in [0.1, 0.15) is 0 Å². The van der Waals surface area contributed by atoms with Gasteiger partial charge in [-0.1, -0.05) is 47.0 Å². The molecule has 0 amide bonds. The quantitative estimate of drug-likeness (QED) is 0.566. The van der Waals surface area contributed by atoms with Crippen LogP contribution in [0.4, 0.5) is 0 Å². The fourth-order valence-corrected chi connectivity index (χ4v) is 2.26. The SMILES string of the molecule is C[C-]1C(C)(C)CCCC1(C)C.[Y]. The average Bonchev–Trinajstić information content (AvgIpc) is 1.82. The smallest absolute Gasteiger partial charge is 0 e. The molecule has 0 nitrogen and oxygen atoms in total. The second-order valence-electron chi connectivity index (χ2n) is 5.25. The van der Waals surface area contributed by atoms with Crippen LogP contribution in [0.25, 0.3) is 0 Å². The van der Waals surface area contributed by atoms with Crippen LogP contribution in [-0.4, -0.2) is 0 Å². The molecule has 0 N–H and O–H groups in total. The van der Waals surface area contributed by atoms with Crippen LogP contribution in [-0.2, 0) is 32.7 Å². The van der Waals surface area contributed by atoms with Crippen molar-refractivity contribution >= 4 is 0 Å². The Morgan fingerprint density at radius 3 is 1.50 bits per heavy atom. The summed E-state index contributed by atoms with van der Waals surface area (Å²) in [5.74, 6) is 1.69. The molecule has 0 aromatic rings. The van der Waals surface area contributed by atoms with E-state index in [4.69, 9.17) is 0 Å². The van der Waals surface area contributed by atoms with Crippen LogP contribution in [0.3, 0.4) is 0 Å². The van der Waals surface area contributed by atoms with E-state index in [0.717, 1.165) is 0 Å². The van der Waals surface area contributed by atoms with Crippen molar-refractivity contribution in [3.63, 3.8) is 0 Å². The van der Waals surface area contributed by atoms with E-state index in [1.165, 1.54) is 19.3 Å². The van der Waals surface area contributed by atoms with Gasteiger partial charge in [-0.3, -0.25) is 0 Å². The zero-order chi connectivity index (χ0) is 8.70. The van der Waals surface area contributed by atoms with E-state index in [0.29, 0.717) is 10.8 Å². The van der Waals surface area contributed by atoms with Crippen molar-refractivity contribution in [2.45, 2.75) is 53.9 Å². The van der Waals surface area contributed by atoms with Crippen LogP contribution < -0.4 is 0 Å². The first kappa shape index (κ1) is 13.1. The van der Waals surface area contributed by atoms with Gasteiger partial charge < -0.3 is 5.92 Å². The predicted molar refractivity (Wildman–Crippen MR) is 50.3 cm³/mol. The molecular weight excluding hydrogens is 221 g/mol. The summed E-state index contributed by atoms with van der Waals surface area (Å²) in [6, 6.07) is 0. The Morgan fingerprint density at radius 2 is 1.25 bits per heavy atom. The van der Waals surface area contributed by atoms with Gasteiger partial charge in [-0.15, -0.1) is 0 Å². The molecule has 0 bridgehead atoms. The Balaban J connectivity index is 0.00000121. The molecule has 0 aromatic carbocycles. The van der Waals surface area contributed by atoms with E-state index in [-0.39, 0.29) is 32.7 Å². The first-order valence-electron chi connectivity index (χ1n) is 4.71. The Labute approximate surface area is 103 Å². The minimum atomic E-state index is 0. The maximum absolute atomic E-state index is 2.38. The summed E-state index contributed by atoms with van der Waals surface area (Å²) in [6.45, 7) is 11.8. The summed E-state index contributed by atoms with van der Waals surface area (Å²) in [5, 5.41) is 0. The summed E-state index contributed by atoms with van der Waals surface area (Å²) in [5.41, 5.74) is 0.976. The normalized spacial score (nSPS) is 27.8. The number of hydrogen-bond donors (Lipinski definition) is 0. The number of hydrogen-bond acceptors (Lipinski definition) is 0. The van der Waals surface area contributed by atoms with Crippen molar-refractivity contribution in [2.24, 2.45) is 10.8 Å². The van der Waals surface area contributed by atoms with E-state index >= 15 is 0 Å². The molecule has 0 atom stereocenters. The third-order valence-corrected chi connectivity index (χ3v) is 3.63. The summed E-state index contributed by atoms with van der Waals surface area (Å²) in [7, 11) is 0. The zero-order valence-corrected chi connectivity index (χ0v) is 12.0. The van der Waals surface area contributed by atoms with Crippen LogP contribution >= 0.6 is 0 Å². The second kappa shape index (κ2) is 4.09. The molecule has 1 saturated carbocycles. The van der Waals surface area contributed by atoms with Gasteiger partial charge in [-0.25, -0.2) is 0 Å². The molecule has 0 unspecified atom stereocenters. The molecular formula is C11H21Y-. The minimum Gasteiger partial charge on any atom is -0.306 e. The first-order chi connectivity index (χ1) is 4.86. The van der Waals surface area contributed by atoms with E-state index in [1.54, 1.807) is 5.92 Å². The molecule has 0 heterocycles. The summed E-state index contributed by atoms with van der Waals surface area (Å²) in [4.78, 5) is 0. The maximum Gasteiger partial charge on any atom is 0 e. The van der Waals surface area contributed by atoms with E-state index in [2.05, 4.69) is 34.6 Å². The van der Waals surface area contributed by atoms with Crippen LogP contribution in [0.15, 0.2) is 0 Å². The van der Waals surface area contributed by atoms with Crippen LogP contribution in [0, 0.1) is 16.7 Å². The van der Waals surface area contributed by atoms with Gasteiger partial charge in [0.05, 0.1) is 0 Å². The van der Waals surface area contributed by atoms with Gasteiger partial charge in [0.2, 0.25) is 0 Å². The van der Waals surface area contributed by atoms with Crippen LogP contribution in [0.2, 0.25) is 0 Å². The zero-order valence-electron chi connectivity index (χ0n) is 9.20. The molecule has 1 aliphatic carbocycles. The summed E-state index contributed by atoms with van der Waals surface area (Å²) < 4.78 is 0. The fraction of sp³-hybridized carbons (Fsp3) is 0.909. The summed E-state index contributed by atoms with van der Waals surface area (Å²) >= 11 is 0. The van der Waals surface area contributed by atoms with Gasteiger partial charge in [0.15, 0.2) is 0 Å². The second-order valence-corrected chi connectivity index (χ2v) is 5.25. The minimum absolute atomic E-state index is 0. The van der Waals surface area contributed by atoms with Gasteiger partial charge in [-0.05, 0) is 0 Å². The molecule has 1 radical (unpaired) electrons. The van der Waals surface area contributed by atoms with Crippen molar-refractivity contribution in [2.75, 3.05) is 0 Å². The Hall–Kier alpha value is 1.10. The molecule has 0 saturated heterocycles. The third-order valence-electron chi connectivity index (χ3n) is 3.63. The van der Waals surface area contributed by atoms with Crippen molar-refractivity contribution in [3.8, 4) is 0 Å². The van der Waals surface area contributed by atoms with Gasteiger partial charge in [-0.2, -0.15) is 17.8 Å².